The minimum Gasteiger partial charge on any atom is -0.337 e. The largest absolute Gasteiger partial charge is 0.377 e. The van der Waals surface area contributed by atoms with E-state index in [1.165, 1.54) is 23.1 Å². The average molecular weight is 359 g/mol. The third kappa shape index (κ3) is 2.66. The number of carbonyl (C=O) groups excluding carboxylic acids is 1. The first kappa shape index (κ1) is 16.1. The van der Waals surface area contributed by atoms with E-state index in [0.717, 1.165) is 17.2 Å². The summed E-state index contributed by atoms with van der Waals surface area (Å²) in [5.41, 5.74) is -0.604. The van der Waals surface area contributed by atoms with Crippen molar-refractivity contribution in [1.82, 2.24) is 34.8 Å². The number of rotatable bonds is 2. The highest BCUT2D eigenvalue weighted by Crippen LogP contribution is 2.31. The fourth-order valence-corrected chi connectivity index (χ4v) is 2.96. The van der Waals surface area contributed by atoms with Gasteiger partial charge in [-0.1, -0.05) is 11.2 Å². The van der Waals surface area contributed by atoms with Crippen LogP contribution in [0.15, 0.2) is 33.6 Å². The predicted octanol–water partition coefficient (Wildman–Crippen LogP) is 1.06. The number of aromatic nitrogens is 6. The van der Waals surface area contributed by atoms with E-state index in [1.54, 1.807) is 6.92 Å². The lowest BCUT2D eigenvalue weighted by molar-refractivity contribution is 0.177. The van der Waals surface area contributed by atoms with Gasteiger partial charge in [0.1, 0.15) is 11.9 Å². The number of hydrogen-bond acceptors (Lipinski definition) is 7. The number of aryl methyl sites for hydroxylation is 1. The lowest BCUT2D eigenvalue weighted by atomic mass is 10.2. The van der Waals surface area contributed by atoms with E-state index in [4.69, 9.17) is 4.52 Å². The lowest BCUT2D eigenvalue weighted by Crippen LogP contribution is -2.40. The molecule has 26 heavy (non-hydrogen) atoms. The number of halogens is 1. The van der Waals surface area contributed by atoms with E-state index in [1.807, 2.05) is 0 Å². The van der Waals surface area contributed by atoms with Gasteiger partial charge in [0, 0.05) is 6.54 Å². The van der Waals surface area contributed by atoms with Crippen molar-refractivity contribution >= 4 is 6.03 Å². The minimum absolute atomic E-state index is 0.180. The van der Waals surface area contributed by atoms with Gasteiger partial charge in [-0.05, 0) is 48.4 Å². The third-order valence-electron chi connectivity index (χ3n) is 4.14. The molecule has 10 nitrogen and oxygen atoms in total. The van der Waals surface area contributed by atoms with Gasteiger partial charge in [0.15, 0.2) is 5.82 Å². The molecule has 1 aliphatic rings. The van der Waals surface area contributed by atoms with Crippen molar-refractivity contribution in [3.63, 3.8) is 0 Å². The van der Waals surface area contributed by atoms with E-state index < -0.39 is 23.6 Å². The SMILES string of the molecule is Cc1noc(C2CCCN2C(=O)n2nnn(-c3cccc(F)c3)c2=O)n1. The number of nitrogens with zero attached hydrogens (tertiary/aromatic N) is 7. The fourth-order valence-electron chi connectivity index (χ4n) is 2.96. The molecule has 1 atom stereocenters. The first-order valence-corrected chi connectivity index (χ1v) is 7.97. The Morgan fingerprint density at radius 1 is 1.35 bits per heavy atom. The Morgan fingerprint density at radius 2 is 2.19 bits per heavy atom. The van der Waals surface area contributed by atoms with E-state index >= 15 is 0 Å². The molecule has 1 amide bonds. The summed E-state index contributed by atoms with van der Waals surface area (Å²) in [4.78, 5) is 30.9. The third-order valence-corrected chi connectivity index (χ3v) is 4.14. The molecular weight excluding hydrogens is 345 g/mol. The van der Waals surface area contributed by atoms with Crippen LogP contribution in [0.3, 0.4) is 0 Å². The molecular formula is C15H14FN7O3. The zero-order chi connectivity index (χ0) is 18.3. The van der Waals surface area contributed by atoms with Crippen LogP contribution in [0.5, 0.6) is 0 Å². The molecule has 0 aliphatic carbocycles. The molecule has 1 unspecified atom stereocenters. The molecule has 3 heterocycles. The first-order chi connectivity index (χ1) is 12.5. The molecule has 1 aromatic carbocycles. The Labute approximate surface area is 145 Å². The molecule has 1 fully saturated rings. The van der Waals surface area contributed by atoms with E-state index in [0.29, 0.717) is 29.4 Å². The summed E-state index contributed by atoms with van der Waals surface area (Å²) in [6.07, 6.45) is 1.37. The van der Waals surface area contributed by atoms with Crippen molar-refractivity contribution in [3.05, 3.63) is 52.3 Å². The molecule has 0 spiro atoms. The molecule has 1 saturated heterocycles. The standard InChI is InChI=1S/C15H14FN7O3/c1-9-17-13(26-18-9)12-6-3-7-21(12)14(24)23-15(25)22(19-20-23)11-5-2-4-10(16)8-11/h2,4-5,8,12H,3,6-7H2,1H3. The van der Waals surface area contributed by atoms with Gasteiger partial charge in [0.05, 0.1) is 5.69 Å². The molecule has 134 valence electrons. The summed E-state index contributed by atoms with van der Waals surface area (Å²) in [5, 5.41) is 11.0. The summed E-state index contributed by atoms with van der Waals surface area (Å²) in [7, 11) is 0. The van der Waals surface area contributed by atoms with Gasteiger partial charge in [-0.15, -0.1) is 4.68 Å². The number of benzene rings is 1. The average Bonchev–Trinajstić information content (AvgIpc) is 3.33. The van der Waals surface area contributed by atoms with Gasteiger partial charge >= 0.3 is 11.7 Å². The van der Waals surface area contributed by atoms with Crippen molar-refractivity contribution in [2.45, 2.75) is 25.8 Å². The van der Waals surface area contributed by atoms with Crippen molar-refractivity contribution in [1.29, 1.82) is 0 Å². The van der Waals surface area contributed by atoms with Crippen LogP contribution in [0.2, 0.25) is 0 Å². The molecule has 3 aromatic rings. The van der Waals surface area contributed by atoms with Crippen LogP contribution in [0, 0.1) is 12.7 Å². The van der Waals surface area contributed by atoms with E-state index in [2.05, 4.69) is 20.6 Å². The number of tetrazole rings is 1. The van der Waals surface area contributed by atoms with Gasteiger partial charge in [0.25, 0.3) is 0 Å². The van der Waals surface area contributed by atoms with Crippen molar-refractivity contribution in [3.8, 4) is 5.69 Å². The Morgan fingerprint density at radius 3 is 2.92 bits per heavy atom. The molecule has 0 radical (unpaired) electrons. The summed E-state index contributed by atoms with van der Waals surface area (Å²) < 4.78 is 20.0. The van der Waals surface area contributed by atoms with E-state index in [9.17, 15) is 14.0 Å². The summed E-state index contributed by atoms with van der Waals surface area (Å²) in [5.74, 6) is 0.258. The van der Waals surface area contributed by atoms with Crippen molar-refractivity contribution < 1.29 is 13.7 Å². The lowest BCUT2D eigenvalue weighted by Gasteiger charge is -2.20. The summed E-state index contributed by atoms with van der Waals surface area (Å²) in [6.45, 7) is 2.10. The number of amides is 1. The Kier molecular flexibility index (Phi) is 3.82. The Balaban J connectivity index is 1.65. The second kappa shape index (κ2) is 6.17. The maximum absolute atomic E-state index is 13.4. The Hall–Kier alpha value is -3.37. The maximum Gasteiger partial charge on any atom is 0.377 e. The van der Waals surface area contributed by atoms with Gasteiger partial charge in [-0.25, -0.2) is 14.0 Å². The summed E-state index contributed by atoms with van der Waals surface area (Å²) in [6, 6.07) is 4.24. The number of likely N-dealkylation sites (tertiary alicyclic amines) is 1. The van der Waals surface area contributed by atoms with Crippen LogP contribution in [0.1, 0.15) is 30.6 Å². The topological polar surface area (TPSA) is 112 Å². The summed E-state index contributed by atoms with van der Waals surface area (Å²) >= 11 is 0. The van der Waals surface area contributed by atoms with Crippen LogP contribution >= 0.6 is 0 Å². The highest BCUT2D eigenvalue weighted by Gasteiger charge is 2.36. The molecule has 11 heteroatoms. The molecule has 0 N–H and O–H groups in total. The molecule has 4 rings (SSSR count). The monoisotopic (exact) mass is 359 g/mol. The highest BCUT2D eigenvalue weighted by atomic mass is 19.1. The zero-order valence-electron chi connectivity index (χ0n) is 13.7. The second-order valence-electron chi connectivity index (χ2n) is 5.88. The van der Waals surface area contributed by atoms with Gasteiger partial charge in [-0.2, -0.15) is 9.67 Å². The maximum atomic E-state index is 13.4. The fraction of sp³-hybridized carbons (Fsp3) is 0.333. The second-order valence-corrected chi connectivity index (χ2v) is 5.88. The molecule has 2 aromatic heterocycles. The molecule has 1 aliphatic heterocycles. The quantitative estimate of drug-likeness (QED) is 0.629. The van der Waals surface area contributed by atoms with Crippen molar-refractivity contribution in [2.24, 2.45) is 0 Å². The van der Waals surface area contributed by atoms with Crippen LogP contribution < -0.4 is 5.69 Å². The first-order valence-electron chi connectivity index (χ1n) is 7.97. The number of hydrogen-bond donors (Lipinski definition) is 0. The van der Waals surface area contributed by atoms with Gasteiger partial charge in [-0.3, -0.25) is 0 Å². The van der Waals surface area contributed by atoms with E-state index in [-0.39, 0.29) is 5.69 Å². The molecule has 0 bridgehead atoms. The minimum atomic E-state index is -0.784. The zero-order valence-corrected chi connectivity index (χ0v) is 13.7. The highest BCUT2D eigenvalue weighted by molar-refractivity contribution is 5.76. The van der Waals surface area contributed by atoms with Gasteiger partial charge in [0.2, 0.25) is 5.89 Å². The van der Waals surface area contributed by atoms with Gasteiger partial charge < -0.3 is 9.42 Å². The van der Waals surface area contributed by atoms with Crippen molar-refractivity contribution in [2.75, 3.05) is 6.54 Å². The normalized spacial score (nSPS) is 17.0. The number of carbonyl (C=O) groups is 1. The predicted molar refractivity (Wildman–Crippen MR) is 84.1 cm³/mol. The smallest absolute Gasteiger partial charge is 0.337 e. The Bertz CT molecular complexity index is 1020. The van der Waals surface area contributed by atoms with Crippen LogP contribution in [-0.2, 0) is 0 Å². The van der Waals surface area contributed by atoms with Crippen LogP contribution in [-0.4, -0.2) is 47.4 Å². The van der Waals surface area contributed by atoms with Crippen LogP contribution in [0.4, 0.5) is 9.18 Å². The van der Waals surface area contributed by atoms with Crippen LogP contribution in [0.25, 0.3) is 5.69 Å². The molecule has 0 saturated carbocycles.